The third-order valence-electron chi connectivity index (χ3n) is 4.46. The number of para-hydroxylation sites is 1. The molecule has 4 nitrogen and oxygen atoms in total. The van der Waals surface area contributed by atoms with Crippen LogP contribution >= 0.6 is 11.8 Å². The van der Waals surface area contributed by atoms with Crippen molar-refractivity contribution in [3.05, 3.63) is 78.2 Å². The quantitative estimate of drug-likeness (QED) is 0.440. The van der Waals surface area contributed by atoms with Crippen molar-refractivity contribution in [2.24, 2.45) is 4.99 Å². The summed E-state index contributed by atoms with van der Waals surface area (Å²) in [7, 11) is 0. The molecule has 0 unspecified atom stereocenters. The standard InChI is InChI=1S/C20H14N4S/c1-25-14-8-6-13(7-9-14)18-16-10-11-24-20(16)19(21-12-22-24)15-4-2-3-5-17(15)23-18/h2-12H,1H3. The minimum absolute atomic E-state index is 0.921. The van der Waals surface area contributed by atoms with Crippen molar-refractivity contribution in [1.82, 2.24) is 14.6 Å². The highest BCUT2D eigenvalue weighted by atomic mass is 32.2. The summed E-state index contributed by atoms with van der Waals surface area (Å²) in [5, 5.41) is 4.36. The van der Waals surface area contributed by atoms with Gasteiger partial charge in [0, 0.05) is 27.8 Å². The van der Waals surface area contributed by atoms with Crippen LogP contribution in [0, 0.1) is 0 Å². The number of aliphatic imine (C=N–C) groups is 1. The summed E-state index contributed by atoms with van der Waals surface area (Å²) in [5.74, 6) is 0. The summed E-state index contributed by atoms with van der Waals surface area (Å²) in [4.78, 5) is 10.8. The third-order valence-corrected chi connectivity index (χ3v) is 5.21. The van der Waals surface area contributed by atoms with E-state index in [4.69, 9.17) is 4.99 Å². The van der Waals surface area contributed by atoms with Crippen molar-refractivity contribution < 1.29 is 0 Å². The number of rotatable bonds is 2. The average molecular weight is 342 g/mol. The summed E-state index contributed by atoms with van der Waals surface area (Å²) >= 11 is 1.74. The van der Waals surface area contributed by atoms with Gasteiger partial charge in [-0.15, -0.1) is 11.8 Å². The molecule has 25 heavy (non-hydrogen) atoms. The van der Waals surface area contributed by atoms with E-state index < -0.39 is 0 Å². The van der Waals surface area contributed by atoms with Crippen LogP contribution in [0.25, 0.3) is 16.8 Å². The summed E-state index contributed by atoms with van der Waals surface area (Å²) < 4.78 is 1.88. The Hall–Kier alpha value is -2.92. The summed E-state index contributed by atoms with van der Waals surface area (Å²) in [6.07, 6.45) is 5.65. The molecule has 5 rings (SSSR count). The van der Waals surface area contributed by atoms with Gasteiger partial charge >= 0.3 is 0 Å². The molecule has 0 saturated heterocycles. The Kier molecular flexibility index (Phi) is 3.21. The third kappa shape index (κ3) is 2.20. The van der Waals surface area contributed by atoms with Crippen LogP contribution in [0.4, 0.5) is 5.69 Å². The lowest BCUT2D eigenvalue weighted by Gasteiger charge is -2.06. The molecular weight excluding hydrogens is 328 g/mol. The molecular formula is C20H14N4S. The first kappa shape index (κ1) is 14.4. The van der Waals surface area contributed by atoms with Crippen molar-refractivity contribution in [2.75, 3.05) is 6.26 Å². The Morgan fingerprint density at radius 2 is 1.76 bits per heavy atom. The van der Waals surface area contributed by atoms with E-state index in [2.05, 4.69) is 52.7 Å². The zero-order chi connectivity index (χ0) is 16.8. The maximum Gasteiger partial charge on any atom is 0.137 e. The van der Waals surface area contributed by atoms with Crippen LogP contribution in [-0.2, 0) is 0 Å². The molecule has 1 aliphatic rings. The molecule has 2 aromatic carbocycles. The number of nitrogens with zero attached hydrogens (tertiary/aromatic N) is 4. The van der Waals surface area contributed by atoms with Crippen molar-refractivity contribution >= 4 is 28.7 Å². The zero-order valence-electron chi connectivity index (χ0n) is 13.5. The molecule has 0 N–H and O–H groups in total. The number of hydrogen-bond acceptors (Lipinski definition) is 4. The van der Waals surface area contributed by atoms with Crippen LogP contribution in [0.1, 0.15) is 11.1 Å². The molecule has 0 radical (unpaired) electrons. The van der Waals surface area contributed by atoms with Crippen LogP contribution in [0.2, 0.25) is 0 Å². The van der Waals surface area contributed by atoms with Gasteiger partial charge in [-0.25, -0.2) is 14.5 Å². The molecule has 5 heteroatoms. The average Bonchev–Trinajstić information content (AvgIpc) is 3.04. The van der Waals surface area contributed by atoms with E-state index in [1.54, 1.807) is 18.1 Å². The second kappa shape index (κ2) is 5.57. The second-order valence-electron chi connectivity index (χ2n) is 5.84. The molecule has 0 atom stereocenters. The van der Waals surface area contributed by atoms with Gasteiger partial charge in [0.1, 0.15) is 17.5 Å². The Bertz CT molecular complexity index is 1130. The highest BCUT2D eigenvalue weighted by molar-refractivity contribution is 7.98. The van der Waals surface area contributed by atoms with Crippen LogP contribution in [-0.4, -0.2) is 26.6 Å². The summed E-state index contributed by atoms with van der Waals surface area (Å²) in [6.45, 7) is 0. The van der Waals surface area contributed by atoms with E-state index in [0.29, 0.717) is 0 Å². The molecule has 0 saturated carbocycles. The van der Waals surface area contributed by atoms with Gasteiger partial charge in [-0.05, 0) is 30.5 Å². The van der Waals surface area contributed by atoms with Crippen LogP contribution in [0.3, 0.4) is 0 Å². The number of hydrogen-bond donors (Lipinski definition) is 0. The molecule has 3 heterocycles. The maximum absolute atomic E-state index is 5.01. The first-order valence-corrected chi connectivity index (χ1v) is 9.23. The fourth-order valence-corrected chi connectivity index (χ4v) is 3.67. The van der Waals surface area contributed by atoms with Crippen molar-refractivity contribution in [2.45, 2.75) is 4.90 Å². The van der Waals surface area contributed by atoms with Gasteiger partial charge < -0.3 is 0 Å². The van der Waals surface area contributed by atoms with Crippen LogP contribution in [0.5, 0.6) is 0 Å². The van der Waals surface area contributed by atoms with Crippen molar-refractivity contribution in [3.63, 3.8) is 0 Å². The van der Waals surface area contributed by atoms with Gasteiger partial charge in [-0.2, -0.15) is 5.10 Å². The lowest BCUT2D eigenvalue weighted by atomic mass is 10.0. The molecule has 1 aliphatic heterocycles. The minimum Gasteiger partial charge on any atom is -0.247 e. The van der Waals surface area contributed by atoms with E-state index in [9.17, 15) is 0 Å². The Morgan fingerprint density at radius 3 is 2.60 bits per heavy atom. The van der Waals surface area contributed by atoms with Gasteiger partial charge in [0.15, 0.2) is 0 Å². The van der Waals surface area contributed by atoms with Crippen molar-refractivity contribution in [1.29, 1.82) is 0 Å². The van der Waals surface area contributed by atoms with E-state index in [1.165, 1.54) is 4.90 Å². The van der Waals surface area contributed by atoms with E-state index >= 15 is 0 Å². The lowest BCUT2D eigenvalue weighted by molar-refractivity contribution is 0.906. The molecule has 0 fully saturated rings. The normalized spacial score (nSPS) is 12.6. The molecule has 120 valence electrons. The van der Waals surface area contributed by atoms with Gasteiger partial charge in [0.25, 0.3) is 0 Å². The SMILES string of the molecule is CSc1ccc(C2=Nc3ccccc3-c3ncnn4ccc2c34)cc1. The summed E-state index contributed by atoms with van der Waals surface area (Å²) in [6, 6.07) is 18.7. The number of fused-ring (bicyclic) bond motifs is 2. The van der Waals surface area contributed by atoms with E-state index in [0.717, 1.165) is 39.3 Å². The Morgan fingerprint density at radius 1 is 0.920 bits per heavy atom. The fourth-order valence-electron chi connectivity index (χ4n) is 3.26. The van der Waals surface area contributed by atoms with Crippen LogP contribution in [0.15, 0.2) is 77.0 Å². The summed E-state index contributed by atoms with van der Waals surface area (Å²) in [5.41, 5.74) is 7.00. The predicted molar refractivity (Wildman–Crippen MR) is 102 cm³/mol. The topological polar surface area (TPSA) is 42.5 Å². The maximum atomic E-state index is 5.01. The molecule has 2 aromatic heterocycles. The molecule has 0 spiro atoms. The van der Waals surface area contributed by atoms with Gasteiger partial charge in [0.2, 0.25) is 0 Å². The van der Waals surface area contributed by atoms with Gasteiger partial charge in [0.05, 0.1) is 11.4 Å². The largest absolute Gasteiger partial charge is 0.247 e. The molecule has 0 bridgehead atoms. The van der Waals surface area contributed by atoms with Gasteiger partial charge in [-0.3, -0.25) is 0 Å². The van der Waals surface area contributed by atoms with Crippen LogP contribution < -0.4 is 0 Å². The second-order valence-corrected chi connectivity index (χ2v) is 6.72. The zero-order valence-corrected chi connectivity index (χ0v) is 14.4. The Balaban J connectivity index is 1.85. The first-order chi connectivity index (χ1) is 12.3. The highest BCUT2D eigenvalue weighted by Gasteiger charge is 2.22. The molecule has 0 amide bonds. The number of benzene rings is 2. The fraction of sp³-hybridized carbons (Fsp3) is 0.0500. The highest BCUT2D eigenvalue weighted by Crippen LogP contribution is 2.37. The predicted octanol–water partition coefficient (Wildman–Crippen LogP) is 4.60. The van der Waals surface area contributed by atoms with E-state index in [1.807, 2.05) is 28.9 Å². The van der Waals surface area contributed by atoms with Gasteiger partial charge in [-0.1, -0.05) is 30.3 Å². The first-order valence-electron chi connectivity index (χ1n) is 8.00. The number of thioether (sulfide) groups is 1. The minimum atomic E-state index is 0.921. The number of aromatic nitrogens is 3. The Labute approximate surface area is 149 Å². The lowest BCUT2D eigenvalue weighted by Crippen LogP contribution is -2.03. The molecule has 4 aromatic rings. The molecule has 0 aliphatic carbocycles. The smallest absolute Gasteiger partial charge is 0.137 e. The van der Waals surface area contributed by atoms with E-state index in [-0.39, 0.29) is 0 Å². The van der Waals surface area contributed by atoms with Crippen molar-refractivity contribution in [3.8, 4) is 11.3 Å². The monoisotopic (exact) mass is 342 g/mol.